The van der Waals surface area contributed by atoms with Crippen LogP contribution in [0.1, 0.15) is 36.7 Å². The first kappa shape index (κ1) is 23.5. The Morgan fingerprint density at radius 2 is 1.69 bits per heavy atom. The van der Waals surface area contributed by atoms with Crippen molar-refractivity contribution < 1.29 is 14.0 Å². The number of carbonyl (C=O) groups excluding carboxylic acids is 2. The molecule has 168 valence electrons. The summed E-state index contributed by atoms with van der Waals surface area (Å²) in [6, 6.07) is 15.5. The van der Waals surface area contributed by atoms with Gasteiger partial charge in [-0.05, 0) is 50.1 Å². The van der Waals surface area contributed by atoms with Crippen LogP contribution in [-0.2, 0) is 11.2 Å². The zero-order valence-corrected chi connectivity index (χ0v) is 19.4. The second-order valence-electron chi connectivity index (χ2n) is 7.23. The summed E-state index contributed by atoms with van der Waals surface area (Å²) in [4.78, 5) is 25.7. The van der Waals surface area contributed by atoms with Crippen molar-refractivity contribution in [1.82, 2.24) is 15.5 Å². The lowest BCUT2D eigenvalue weighted by molar-refractivity contribution is -0.118. The van der Waals surface area contributed by atoms with E-state index in [1.165, 1.54) is 18.7 Å². The molecule has 1 aromatic heterocycles. The average Bonchev–Trinajstić information content (AvgIpc) is 3.28. The molecule has 0 aliphatic rings. The Hall–Kier alpha value is -3.13. The number of ketones is 1. The first-order valence-electron chi connectivity index (χ1n) is 10.7. The Labute approximate surface area is 192 Å². The standard InChI is InChI=1S/C24H28N4O3S/c1-4-28(5-2)21-12-10-20(11-13-21)23-26-27-24(31-23)32-16-22(30)19-8-6-18(7-9-19)14-15-25-17(3)29/h6-13H,4-5,14-16H2,1-3H3,(H,25,29). The lowest BCUT2D eigenvalue weighted by Gasteiger charge is -2.20. The molecule has 1 heterocycles. The molecule has 3 rings (SSSR count). The molecule has 1 amide bonds. The van der Waals surface area contributed by atoms with Crippen molar-refractivity contribution in [3.63, 3.8) is 0 Å². The van der Waals surface area contributed by atoms with Gasteiger partial charge in [-0.25, -0.2) is 0 Å². The number of rotatable bonds is 11. The fraction of sp³-hybridized carbons (Fsp3) is 0.333. The summed E-state index contributed by atoms with van der Waals surface area (Å²) in [5.74, 6) is 0.601. The minimum absolute atomic E-state index is 0.00765. The summed E-state index contributed by atoms with van der Waals surface area (Å²) in [5.41, 5.74) is 3.70. The van der Waals surface area contributed by atoms with Gasteiger partial charge < -0.3 is 14.6 Å². The Morgan fingerprint density at radius 1 is 1.00 bits per heavy atom. The summed E-state index contributed by atoms with van der Waals surface area (Å²) in [6.07, 6.45) is 0.726. The maximum Gasteiger partial charge on any atom is 0.277 e. The van der Waals surface area contributed by atoms with Gasteiger partial charge in [-0.1, -0.05) is 36.0 Å². The average molecular weight is 453 g/mol. The third kappa shape index (κ3) is 6.43. The van der Waals surface area contributed by atoms with E-state index in [9.17, 15) is 9.59 Å². The molecule has 0 aliphatic carbocycles. The molecule has 0 aliphatic heterocycles. The topological polar surface area (TPSA) is 88.3 Å². The zero-order chi connectivity index (χ0) is 22.9. The number of benzene rings is 2. The van der Waals surface area contributed by atoms with Crippen molar-refractivity contribution in [3.05, 3.63) is 59.7 Å². The lowest BCUT2D eigenvalue weighted by atomic mass is 10.1. The Balaban J connectivity index is 1.53. The van der Waals surface area contributed by atoms with Crippen molar-refractivity contribution in [3.8, 4) is 11.5 Å². The van der Waals surface area contributed by atoms with Gasteiger partial charge >= 0.3 is 0 Å². The van der Waals surface area contributed by atoms with Gasteiger partial charge in [-0.2, -0.15) is 0 Å². The molecule has 0 saturated heterocycles. The van der Waals surface area contributed by atoms with Crippen molar-refractivity contribution in [2.45, 2.75) is 32.4 Å². The third-order valence-corrected chi connectivity index (χ3v) is 5.86. The number of Topliss-reactive ketones (excluding diaryl/α,β-unsaturated/α-hetero) is 1. The van der Waals surface area contributed by atoms with Gasteiger partial charge in [0.05, 0.1) is 5.75 Å². The minimum Gasteiger partial charge on any atom is -0.411 e. The number of nitrogens with zero attached hydrogens (tertiary/aromatic N) is 3. The first-order chi connectivity index (χ1) is 15.5. The molecule has 7 nitrogen and oxygen atoms in total. The van der Waals surface area contributed by atoms with Crippen molar-refractivity contribution in [2.75, 3.05) is 30.3 Å². The van der Waals surface area contributed by atoms with E-state index < -0.39 is 0 Å². The van der Waals surface area contributed by atoms with Crippen LogP contribution < -0.4 is 10.2 Å². The van der Waals surface area contributed by atoms with Crippen molar-refractivity contribution >= 4 is 29.1 Å². The second kappa shape index (κ2) is 11.5. The lowest BCUT2D eigenvalue weighted by Crippen LogP contribution is -2.22. The third-order valence-electron chi connectivity index (χ3n) is 5.04. The maximum absolute atomic E-state index is 12.5. The van der Waals surface area contributed by atoms with Gasteiger partial charge in [0.15, 0.2) is 5.78 Å². The van der Waals surface area contributed by atoms with Gasteiger partial charge in [0.25, 0.3) is 5.22 Å². The van der Waals surface area contributed by atoms with E-state index in [1.807, 2.05) is 48.5 Å². The minimum atomic E-state index is -0.0466. The molecule has 0 radical (unpaired) electrons. The van der Waals surface area contributed by atoms with Gasteiger partial charge in [0.1, 0.15) is 0 Å². The normalized spacial score (nSPS) is 10.7. The van der Waals surface area contributed by atoms with E-state index in [1.54, 1.807) is 0 Å². The highest BCUT2D eigenvalue weighted by molar-refractivity contribution is 7.99. The van der Waals surface area contributed by atoms with Gasteiger partial charge in [-0.3, -0.25) is 9.59 Å². The number of amides is 1. The quantitative estimate of drug-likeness (QED) is 0.344. The first-order valence-corrected chi connectivity index (χ1v) is 11.7. The molecular formula is C24H28N4O3S. The molecule has 8 heteroatoms. The Bertz CT molecular complexity index is 1030. The van der Waals surface area contributed by atoms with Crippen LogP contribution in [0.25, 0.3) is 11.5 Å². The van der Waals surface area contributed by atoms with Crippen molar-refractivity contribution in [1.29, 1.82) is 0 Å². The number of hydrogen-bond donors (Lipinski definition) is 1. The summed E-state index contributed by atoms with van der Waals surface area (Å²) < 4.78 is 5.73. The van der Waals surface area contributed by atoms with Crippen molar-refractivity contribution in [2.24, 2.45) is 0 Å². The monoisotopic (exact) mass is 452 g/mol. The SMILES string of the molecule is CCN(CC)c1ccc(-c2nnc(SCC(=O)c3ccc(CCNC(C)=O)cc3)o2)cc1. The Morgan fingerprint density at radius 3 is 2.31 bits per heavy atom. The molecule has 3 aromatic rings. The number of hydrogen-bond acceptors (Lipinski definition) is 7. The number of anilines is 1. The van der Waals surface area contributed by atoms with E-state index in [-0.39, 0.29) is 17.4 Å². The van der Waals surface area contributed by atoms with E-state index in [2.05, 4.69) is 34.3 Å². The van der Waals surface area contributed by atoms with Crippen LogP contribution in [0.5, 0.6) is 0 Å². The summed E-state index contributed by atoms with van der Waals surface area (Å²) in [6.45, 7) is 8.23. The van der Waals surface area contributed by atoms with Crippen LogP contribution in [0.3, 0.4) is 0 Å². The Kier molecular flexibility index (Phi) is 8.44. The summed E-state index contributed by atoms with van der Waals surface area (Å²) in [5, 5.41) is 11.3. The molecular weight excluding hydrogens is 424 g/mol. The predicted molar refractivity (Wildman–Crippen MR) is 127 cm³/mol. The molecule has 0 bridgehead atoms. The molecule has 2 aromatic carbocycles. The number of nitrogens with one attached hydrogen (secondary N) is 1. The van der Waals surface area contributed by atoms with Crippen LogP contribution in [0.2, 0.25) is 0 Å². The van der Waals surface area contributed by atoms with Crippen LogP contribution in [0.15, 0.2) is 58.2 Å². The summed E-state index contributed by atoms with van der Waals surface area (Å²) in [7, 11) is 0. The van der Waals surface area contributed by atoms with E-state index >= 15 is 0 Å². The fourth-order valence-corrected chi connectivity index (χ4v) is 3.90. The molecule has 0 fully saturated rings. The number of thioether (sulfide) groups is 1. The molecule has 1 N–H and O–H groups in total. The largest absolute Gasteiger partial charge is 0.411 e. The highest BCUT2D eigenvalue weighted by atomic mass is 32.2. The molecule has 32 heavy (non-hydrogen) atoms. The number of carbonyl (C=O) groups is 2. The van der Waals surface area contributed by atoms with Crippen LogP contribution in [-0.4, -0.2) is 47.3 Å². The van der Waals surface area contributed by atoms with Crippen LogP contribution >= 0.6 is 11.8 Å². The molecule has 0 saturated carbocycles. The van der Waals surface area contributed by atoms with E-state index in [4.69, 9.17) is 4.42 Å². The zero-order valence-electron chi connectivity index (χ0n) is 18.6. The van der Waals surface area contributed by atoms with Gasteiger partial charge in [0, 0.05) is 43.4 Å². The second-order valence-corrected chi connectivity index (χ2v) is 8.16. The summed E-state index contributed by atoms with van der Waals surface area (Å²) >= 11 is 1.23. The van der Waals surface area contributed by atoms with Gasteiger partial charge in [-0.15, -0.1) is 10.2 Å². The highest BCUT2D eigenvalue weighted by Gasteiger charge is 2.13. The highest BCUT2D eigenvalue weighted by Crippen LogP contribution is 2.26. The smallest absolute Gasteiger partial charge is 0.277 e. The number of aromatic nitrogens is 2. The fourth-order valence-electron chi connectivity index (χ4n) is 3.24. The molecule has 0 spiro atoms. The van der Waals surface area contributed by atoms with E-state index in [0.717, 1.165) is 36.3 Å². The predicted octanol–water partition coefficient (Wildman–Crippen LogP) is 4.24. The molecule has 0 unspecified atom stereocenters. The van der Waals surface area contributed by atoms with E-state index in [0.29, 0.717) is 23.2 Å². The van der Waals surface area contributed by atoms with Crippen LogP contribution in [0.4, 0.5) is 5.69 Å². The van der Waals surface area contributed by atoms with Gasteiger partial charge in [0.2, 0.25) is 11.8 Å². The molecule has 0 atom stereocenters. The van der Waals surface area contributed by atoms with Crippen LogP contribution in [0, 0.1) is 0 Å². The maximum atomic E-state index is 12.5.